The van der Waals surface area contributed by atoms with E-state index in [1.54, 1.807) is 0 Å². The number of aromatic nitrogens is 2. The van der Waals surface area contributed by atoms with E-state index >= 15 is 0 Å². The third-order valence-corrected chi connectivity index (χ3v) is 6.17. The SMILES string of the molecule is Cc1ccc2c(c1N1c3ccccc3N(c3ccccc3)[C@@H]1C)-n1ccnc1C2. The molecule has 3 aromatic carbocycles. The highest BCUT2D eigenvalue weighted by atomic mass is 15.4. The molecule has 4 aromatic rings. The Hall–Kier alpha value is -3.53. The smallest absolute Gasteiger partial charge is 0.117 e. The summed E-state index contributed by atoms with van der Waals surface area (Å²) in [6, 6.07) is 23.9. The molecule has 3 heterocycles. The van der Waals surface area contributed by atoms with Crippen molar-refractivity contribution in [1.29, 1.82) is 0 Å². The van der Waals surface area contributed by atoms with Gasteiger partial charge in [-0.3, -0.25) is 0 Å². The van der Waals surface area contributed by atoms with Gasteiger partial charge in [0, 0.05) is 24.5 Å². The zero-order chi connectivity index (χ0) is 19.5. The predicted molar refractivity (Wildman–Crippen MR) is 118 cm³/mol. The molecule has 4 heteroatoms. The van der Waals surface area contributed by atoms with Gasteiger partial charge in [0.1, 0.15) is 12.0 Å². The number of nitrogens with zero attached hydrogens (tertiary/aromatic N) is 4. The summed E-state index contributed by atoms with van der Waals surface area (Å²) >= 11 is 0. The van der Waals surface area contributed by atoms with Gasteiger partial charge in [0.05, 0.1) is 22.7 Å². The Morgan fingerprint density at radius 2 is 1.55 bits per heavy atom. The van der Waals surface area contributed by atoms with Gasteiger partial charge in [-0.15, -0.1) is 0 Å². The third-order valence-electron chi connectivity index (χ3n) is 6.17. The lowest BCUT2D eigenvalue weighted by atomic mass is 10.0. The van der Waals surface area contributed by atoms with E-state index < -0.39 is 0 Å². The first-order valence-electron chi connectivity index (χ1n) is 10.1. The van der Waals surface area contributed by atoms with Gasteiger partial charge < -0.3 is 14.4 Å². The van der Waals surface area contributed by atoms with Crippen LogP contribution in [0.4, 0.5) is 22.7 Å². The molecule has 1 atom stereocenters. The largest absolute Gasteiger partial charge is 0.319 e. The minimum Gasteiger partial charge on any atom is -0.319 e. The number of benzene rings is 3. The van der Waals surface area contributed by atoms with E-state index in [4.69, 9.17) is 0 Å². The van der Waals surface area contributed by atoms with Crippen LogP contribution in [0.1, 0.15) is 23.9 Å². The molecule has 0 fully saturated rings. The van der Waals surface area contributed by atoms with Crippen LogP contribution in [0.25, 0.3) is 5.69 Å². The first-order chi connectivity index (χ1) is 14.2. The number of hydrogen-bond donors (Lipinski definition) is 0. The molecule has 0 aliphatic carbocycles. The zero-order valence-corrected chi connectivity index (χ0v) is 16.6. The Kier molecular flexibility index (Phi) is 3.39. The fourth-order valence-corrected chi connectivity index (χ4v) is 4.92. The van der Waals surface area contributed by atoms with E-state index in [0.717, 1.165) is 12.2 Å². The first kappa shape index (κ1) is 16.4. The maximum atomic E-state index is 4.57. The van der Waals surface area contributed by atoms with E-state index in [9.17, 15) is 0 Å². The average molecular weight is 378 g/mol. The summed E-state index contributed by atoms with van der Waals surface area (Å²) < 4.78 is 2.26. The lowest BCUT2D eigenvalue weighted by Crippen LogP contribution is -2.36. The van der Waals surface area contributed by atoms with Crippen molar-refractivity contribution >= 4 is 22.7 Å². The Morgan fingerprint density at radius 1 is 0.828 bits per heavy atom. The van der Waals surface area contributed by atoms with Crippen LogP contribution in [0, 0.1) is 6.92 Å². The van der Waals surface area contributed by atoms with Crippen molar-refractivity contribution in [2.75, 3.05) is 9.80 Å². The number of aryl methyl sites for hydroxylation is 1. The molecular formula is C25H22N4. The molecule has 0 spiro atoms. The number of para-hydroxylation sites is 3. The molecule has 6 rings (SSSR count). The van der Waals surface area contributed by atoms with Crippen molar-refractivity contribution in [1.82, 2.24) is 9.55 Å². The Labute approximate surface area is 170 Å². The molecule has 2 aliphatic rings. The molecule has 0 bridgehead atoms. The quantitative estimate of drug-likeness (QED) is 0.393. The van der Waals surface area contributed by atoms with Gasteiger partial charge in [-0.05, 0) is 49.2 Å². The molecular weight excluding hydrogens is 356 g/mol. The van der Waals surface area contributed by atoms with Gasteiger partial charge >= 0.3 is 0 Å². The predicted octanol–water partition coefficient (Wildman–Crippen LogP) is 5.72. The second-order valence-electron chi connectivity index (χ2n) is 7.83. The number of fused-ring (bicyclic) bond motifs is 4. The van der Waals surface area contributed by atoms with Crippen molar-refractivity contribution in [3.63, 3.8) is 0 Å². The van der Waals surface area contributed by atoms with Crippen LogP contribution < -0.4 is 9.80 Å². The van der Waals surface area contributed by atoms with Gasteiger partial charge in [0.15, 0.2) is 0 Å². The van der Waals surface area contributed by atoms with Crippen molar-refractivity contribution in [3.05, 3.63) is 96.1 Å². The molecule has 4 nitrogen and oxygen atoms in total. The fraction of sp³-hybridized carbons (Fsp3) is 0.160. The molecule has 0 radical (unpaired) electrons. The monoisotopic (exact) mass is 378 g/mol. The van der Waals surface area contributed by atoms with Crippen molar-refractivity contribution in [2.45, 2.75) is 26.4 Å². The van der Waals surface area contributed by atoms with E-state index in [2.05, 4.69) is 106 Å². The summed E-state index contributed by atoms with van der Waals surface area (Å²) in [5, 5.41) is 0. The van der Waals surface area contributed by atoms with E-state index in [1.807, 2.05) is 6.20 Å². The summed E-state index contributed by atoms with van der Waals surface area (Å²) in [6.45, 7) is 4.50. The Balaban J connectivity index is 1.60. The van der Waals surface area contributed by atoms with Gasteiger partial charge in [-0.1, -0.05) is 42.5 Å². The summed E-state index contributed by atoms with van der Waals surface area (Å²) in [5.74, 6) is 1.12. The molecule has 2 aliphatic heterocycles. The Bertz CT molecular complexity index is 1220. The van der Waals surface area contributed by atoms with Crippen molar-refractivity contribution in [3.8, 4) is 5.69 Å². The minimum atomic E-state index is 0.160. The van der Waals surface area contributed by atoms with Gasteiger partial charge in [-0.25, -0.2) is 4.98 Å². The Morgan fingerprint density at radius 3 is 2.34 bits per heavy atom. The lowest BCUT2D eigenvalue weighted by Gasteiger charge is -2.32. The number of anilines is 4. The van der Waals surface area contributed by atoms with Crippen LogP contribution in [-0.2, 0) is 6.42 Å². The molecule has 0 amide bonds. The zero-order valence-electron chi connectivity index (χ0n) is 16.6. The summed E-state index contributed by atoms with van der Waals surface area (Å²) in [7, 11) is 0. The maximum absolute atomic E-state index is 4.57. The number of rotatable bonds is 2. The molecule has 0 saturated carbocycles. The molecule has 0 saturated heterocycles. The van der Waals surface area contributed by atoms with Crippen LogP contribution >= 0.6 is 0 Å². The van der Waals surface area contributed by atoms with Crippen LogP contribution in [0.15, 0.2) is 79.1 Å². The van der Waals surface area contributed by atoms with Gasteiger partial charge in [0.25, 0.3) is 0 Å². The summed E-state index contributed by atoms with van der Waals surface area (Å²) in [4.78, 5) is 9.49. The molecule has 1 aromatic heterocycles. The second-order valence-corrected chi connectivity index (χ2v) is 7.83. The lowest BCUT2D eigenvalue weighted by molar-refractivity contribution is 0.757. The highest BCUT2D eigenvalue weighted by Gasteiger charge is 2.38. The van der Waals surface area contributed by atoms with E-state index in [0.29, 0.717) is 0 Å². The molecule has 0 unspecified atom stereocenters. The average Bonchev–Trinajstić information content (AvgIpc) is 3.40. The van der Waals surface area contributed by atoms with Crippen LogP contribution in [-0.4, -0.2) is 15.7 Å². The normalized spacial score (nSPS) is 16.7. The highest BCUT2D eigenvalue weighted by Crippen LogP contribution is 2.50. The van der Waals surface area contributed by atoms with E-state index in [-0.39, 0.29) is 6.17 Å². The second kappa shape index (κ2) is 5.98. The molecule has 0 N–H and O–H groups in total. The van der Waals surface area contributed by atoms with Crippen molar-refractivity contribution in [2.24, 2.45) is 0 Å². The van der Waals surface area contributed by atoms with E-state index in [1.165, 1.54) is 39.6 Å². The van der Waals surface area contributed by atoms with Gasteiger partial charge in [-0.2, -0.15) is 0 Å². The van der Waals surface area contributed by atoms with Crippen LogP contribution in [0.3, 0.4) is 0 Å². The highest BCUT2D eigenvalue weighted by molar-refractivity contribution is 5.91. The maximum Gasteiger partial charge on any atom is 0.117 e. The first-order valence-corrected chi connectivity index (χ1v) is 10.1. The van der Waals surface area contributed by atoms with Crippen molar-refractivity contribution < 1.29 is 0 Å². The van der Waals surface area contributed by atoms with Gasteiger partial charge in [0.2, 0.25) is 0 Å². The molecule has 29 heavy (non-hydrogen) atoms. The number of hydrogen-bond acceptors (Lipinski definition) is 3. The van der Waals surface area contributed by atoms with Crippen LogP contribution in [0.5, 0.6) is 0 Å². The third kappa shape index (κ3) is 2.23. The summed E-state index contributed by atoms with van der Waals surface area (Å²) in [5.41, 5.74) is 8.87. The van der Waals surface area contributed by atoms with Crippen LogP contribution in [0.2, 0.25) is 0 Å². The topological polar surface area (TPSA) is 24.3 Å². The number of imidazole rings is 1. The summed E-state index contributed by atoms with van der Waals surface area (Å²) in [6.07, 6.45) is 5.04. The minimum absolute atomic E-state index is 0.160. The fourth-order valence-electron chi connectivity index (χ4n) is 4.92. The standard InChI is InChI=1S/C25H22N4/c1-17-12-13-19-16-23-26-14-15-27(23)25(19)24(17)29-18(2)28(20-8-4-3-5-9-20)21-10-6-7-11-22(21)29/h3-15,18H,16H2,1-2H3/t18-/m0/s1. The molecule has 142 valence electrons.